The number of alkyl halides is 3. The Morgan fingerprint density at radius 1 is 1.15 bits per heavy atom. The van der Waals surface area contributed by atoms with Gasteiger partial charge in [0.05, 0.1) is 22.6 Å². The minimum Gasteiger partial charge on any atom is -0.359 e. The molecule has 0 fully saturated rings. The Balaban J connectivity index is 1.99. The lowest BCUT2D eigenvalue weighted by Gasteiger charge is -2.18. The van der Waals surface area contributed by atoms with E-state index in [0.717, 1.165) is 17.6 Å². The van der Waals surface area contributed by atoms with Gasteiger partial charge in [-0.3, -0.25) is 4.79 Å². The van der Waals surface area contributed by atoms with Crippen molar-refractivity contribution < 1.29 is 13.2 Å². The number of fused-ring (bicyclic) bond motifs is 1. The SMILES string of the molecule is CCn1c(=O)c(NC(C)c2cccc(C(F)(F)F)c2)nc2ccccc21. The molecule has 0 aliphatic carbocycles. The fourth-order valence-corrected chi connectivity index (χ4v) is 2.87. The molecule has 3 aromatic rings. The Hall–Kier alpha value is -2.83. The number of hydrogen-bond acceptors (Lipinski definition) is 3. The number of aryl methyl sites for hydroxylation is 1. The van der Waals surface area contributed by atoms with E-state index in [0.29, 0.717) is 17.6 Å². The van der Waals surface area contributed by atoms with Gasteiger partial charge in [0, 0.05) is 6.54 Å². The average Bonchev–Trinajstić information content (AvgIpc) is 2.62. The number of para-hydroxylation sites is 2. The summed E-state index contributed by atoms with van der Waals surface area (Å²) in [7, 11) is 0. The summed E-state index contributed by atoms with van der Waals surface area (Å²) in [5, 5.41) is 2.96. The van der Waals surface area contributed by atoms with Crippen LogP contribution in [0.1, 0.15) is 31.0 Å². The third-order valence-electron chi connectivity index (χ3n) is 4.24. The minimum absolute atomic E-state index is 0.121. The van der Waals surface area contributed by atoms with Crippen molar-refractivity contribution in [1.82, 2.24) is 9.55 Å². The molecular formula is C19H18F3N3O. The highest BCUT2D eigenvalue weighted by Gasteiger charge is 2.30. The van der Waals surface area contributed by atoms with Gasteiger partial charge in [-0.15, -0.1) is 0 Å². The van der Waals surface area contributed by atoms with Crippen LogP contribution < -0.4 is 10.9 Å². The van der Waals surface area contributed by atoms with Gasteiger partial charge < -0.3 is 9.88 Å². The molecule has 136 valence electrons. The van der Waals surface area contributed by atoms with Crippen LogP contribution in [-0.4, -0.2) is 9.55 Å². The van der Waals surface area contributed by atoms with Crippen molar-refractivity contribution in [1.29, 1.82) is 0 Å². The van der Waals surface area contributed by atoms with Crippen LogP contribution in [0.25, 0.3) is 11.0 Å². The molecule has 4 nitrogen and oxygen atoms in total. The number of nitrogens with one attached hydrogen (secondary N) is 1. The predicted molar refractivity (Wildman–Crippen MR) is 95.2 cm³/mol. The molecule has 26 heavy (non-hydrogen) atoms. The Bertz CT molecular complexity index is 995. The van der Waals surface area contributed by atoms with Crippen molar-refractivity contribution in [3.8, 4) is 0 Å². The van der Waals surface area contributed by atoms with E-state index < -0.39 is 17.8 Å². The van der Waals surface area contributed by atoms with Crippen LogP contribution in [0.15, 0.2) is 53.3 Å². The van der Waals surface area contributed by atoms with Gasteiger partial charge in [0.25, 0.3) is 5.56 Å². The Morgan fingerprint density at radius 2 is 1.88 bits per heavy atom. The summed E-state index contributed by atoms with van der Waals surface area (Å²) < 4.78 is 40.3. The first-order chi connectivity index (χ1) is 12.3. The molecule has 7 heteroatoms. The molecule has 0 spiro atoms. The fourth-order valence-electron chi connectivity index (χ4n) is 2.87. The molecular weight excluding hydrogens is 343 g/mol. The molecule has 0 radical (unpaired) electrons. The summed E-state index contributed by atoms with van der Waals surface area (Å²) in [5.74, 6) is 0.121. The number of rotatable bonds is 4. The molecule has 1 atom stereocenters. The Morgan fingerprint density at radius 3 is 2.58 bits per heavy atom. The molecule has 0 bridgehead atoms. The monoisotopic (exact) mass is 361 g/mol. The maximum atomic E-state index is 12.9. The lowest BCUT2D eigenvalue weighted by molar-refractivity contribution is -0.137. The van der Waals surface area contributed by atoms with Gasteiger partial charge in [0.1, 0.15) is 0 Å². The standard InChI is InChI=1S/C19H18F3N3O/c1-3-25-16-10-5-4-9-15(16)24-17(18(25)26)23-12(2)13-7-6-8-14(11-13)19(20,21)22/h4-12H,3H2,1-2H3,(H,23,24). The van der Waals surface area contributed by atoms with E-state index in [1.807, 2.05) is 25.1 Å². The van der Waals surface area contributed by atoms with Gasteiger partial charge in [-0.05, 0) is 43.7 Å². The maximum Gasteiger partial charge on any atom is 0.416 e. The van der Waals surface area contributed by atoms with Crippen LogP contribution >= 0.6 is 0 Å². The highest BCUT2D eigenvalue weighted by molar-refractivity contribution is 5.76. The van der Waals surface area contributed by atoms with Gasteiger partial charge in [0.15, 0.2) is 5.82 Å². The predicted octanol–water partition coefficient (Wildman–Crippen LogP) is 4.61. The van der Waals surface area contributed by atoms with E-state index >= 15 is 0 Å². The molecule has 0 aliphatic rings. The molecule has 0 saturated carbocycles. The second-order valence-corrected chi connectivity index (χ2v) is 5.99. The van der Waals surface area contributed by atoms with Crippen LogP contribution in [0.4, 0.5) is 19.0 Å². The van der Waals surface area contributed by atoms with Crippen LogP contribution in [0.5, 0.6) is 0 Å². The number of nitrogens with zero attached hydrogens (tertiary/aromatic N) is 2. The second-order valence-electron chi connectivity index (χ2n) is 5.99. The van der Waals surface area contributed by atoms with Crippen molar-refractivity contribution >= 4 is 16.9 Å². The Labute approximate surface area is 148 Å². The highest BCUT2D eigenvalue weighted by Crippen LogP contribution is 2.31. The summed E-state index contributed by atoms with van der Waals surface area (Å²) in [5.41, 5.74) is 0.772. The van der Waals surface area contributed by atoms with Crippen molar-refractivity contribution in [2.45, 2.75) is 32.6 Å². The highest BCUT2D eigenvalue weighted by atomic mass is 19.4. The zero-order chi connectivity index (χ0) is 18.9. The van der Waals surface area contributed by atoms with Gasteiger partial charge in [-0.25, -0.2) is 4.98 Å². The van der Waals surface area contributed by atoms with Gasteiger partial charge >= 0.3 is 6.18 Å². The lowest BCUT2D eigenvalue weighted by Crippen LogP contribution is -2.26. The first-order valence-electron chi connectivity index (χ1n) is 8.24. The fraction of sp³-hybridized carbons (Fsp3) is 0.263. The first kappa shape index (κ1) is 18.0. The van der Waals surface area contributed by atoms with Crippen LogP contribution in [0.3, 0.4) is 0 Å². The molecule has 1 unspecified atom stereocenters. The number of halogens is 3. The van der Waals surface area contributed by atoms with E-state index in [1.165, 1.54) is 6.07 Å². The van der Waals surface area contributed by atoms with Gasteiger partial charge in [-0.1, -0.05) is 24.3 Å². The summed E-state index contributed by atoms with van der Waals surface area (Å²) >= 11 is 0. The third kappa shape index (κ3) is 3.42. The van der Waals surface area contributed by atoms with Crippen LogP contribution in [0, 0.1) is 0 Å². The summed E-state index contributed by atoms with van der Waals surface area (Å²) in [4.78, 5) is 17.0. The first-order valence-corrected chi connectivity index (χ1v) is 8.24. The largest absolute Gasteiger partial charge is 0.416 e. The molecule has 1 aromatic heterocycles. The van der Waals surface area contributed by atoms with E-state index in [-0.39, 0.29) is 11.4 Å². The molecule has 2 aromatic carbocycles. The molecule has 1 N–H and O–H groups in total. The van der Waals surface area contributed by atoms with Crippen LogP contribution in [-0.2, 0) is 12.7 Å². The number of hydrogen-bond donors (Lipinski definition) is 1. The van der Waals surface area contributed by atoms with Gasteiger partial charge in [0.2, 0.25) is 0 Å². The molecule has 3 rings (SSSR count). The molecule has 0 amide bonds. The Kier molecular flexibility index (Phi) is 4.71. The lowest BCUT2D eigenvalue weighted by atomic mass is 10.0. The van der Waals surface area contributed by atoms with Crippen molar-refractivity contribution in [3.63, 3.8) is 0 Å². The van der Waals surface area contributed by atoms with E-state index in [1.54, 1.807) is 23.6 Å². The van der Waals surface area contributed by atoms with E-state index in [2.05, 4.69) is 10.3 Å². The quantitative estimate of drug-likeness (QED) is 0.738. The van der Waals surface area contributed by atoms with Gasteiger partial charge in [-0.2, -0.15) is 13.2 Å². The smallest absolute Gasteiger partial charge is 0.359 e. The van der Waals surface area contributed by atoms with E-state index in [9.17, 15) is 18.0 Å². The summed E-state index contributed by atoms with van der Waals surface area (Å²) in [6.07, 6.45) is -4.41. The summed E-state index contributed by atoms with van der Waals surface area (Å²) in [6, 6.07) is 11.8. The number of aromatic nitrogens is 2. The van der Waals surface area contributed by atoms with Crippen molar-refractivity contribution in [3.05, 3.63) is 70.0 Å². The second kappa shape index (κ2) is 6.82. The van der Waals surface area contributed by atoms with Crippen molar-refractivity contribution in [2.75, 3.05) is 5.32 Å². The molecule has 0 aliphatic heterocycles. The number of anilines is 1. The zero-order valence-corrected chi connectivity index (χ0v) is 14.3. The average molecular weight is 361 g/mol. The molecule has 0 saturated heterocycles. The number of benzene rings is 2. The summed E-state index contributed by atoms with van der Waals surface area (Å²) in [6.45, 7) is 4.02. The normalized spacial score (nSPS) is 13.0. The maximum absolute atomic E-state index is 12.9. The minimum atomic E-state index is -4.41. The third-order valence-corrected chi connectivity index (χ3v) is 4.24. The topological polar surface area (TPSA) is 46.9 Å². The van der Waals surface area contributed by atoms with E-state index in [4.69, 9.17) is 0 Å². The zero-order valence-electron chi connectivity index (χ0n) is 14.3. The van der Waals surface area contributed by atoms with Crippen LogP contribution in [0.2, 0.25) is 0 Å². The van der Waals surface area contributed by atoms with Crippen molar-refractivity contribution in [2.24, 2.45) is 0 Å². The molecule has 1 heterocycles.